The molecular formula is C22H38FIN4O2. The van der Waals surface area contributed by atoms with Gasteiger partial charge in [-0.15, -0.1) is 24.0 Å². The van der Waals surface area contributed by atoms with Crippen LogP contribution < -0.4 is 15.5 Å². The Morgan fingerprint density at radius 2 is 2.00 bits per heavy atom. The van der Waals surface area contributed by atoms with Gasteiger partial charge in [-0.3, -0.25) is 4.99 Å². The summed E-state index contributed by atoms with van der Waals surface area (Å²) in [6, 6.07) is 6.85. The standard InChI is InChI=1S/C22H37FN4O2.HI/c1-3-24-22(26-13-7-15-29-18-19-10-16-28-17-11-19)25-12-6-14-27(2)21-9-5-4-8-20(21)23;/h4-5,8-9,19H,3,6-7,10-18H2,1-2H3,(H2,24,25,26);1H. The second-order valence-corrected chi connectivity index (χ2v) is 7.40. The van der Waals surface area contributed by atoms with Gasteiger partial charge in [-0.25, -0.2) is 4.39 Å². The minimum atomic E-state index is -0.187. The monoisotopic (exact) mass is 536 g/mol. The van der Waals surface area contributed by atoms with E-state index in [2.05, 4.69) is 22.5 Å². The first kappa shape index (κ1) is 26.9. The van der Waals surface area contributed by atoms with E-state index in [9.17, 15) is 4.39 Å². The number of anilines is 1. The maximum Gasteiger partial charge on any atom is 0.191 e. The van der Waals surface area contributed by atoms with Gasteiger partial charge in [0.1, 0.15) is 5.82 Å². The molecule has 30 heavy (non-hydrogen) atoms. The molecule has 0 aliphatic carbocycles. The van der Waals surface area contributed by atoms with Crippen LogP contribution in [0.25, 0.3) is 0 Å². The Morgan fingerprint density at radius 3 is 2.73 bits per heavy atom. The third-order valence-electron chi connectivity index (χ3n) is 4.98. The number of para-hydroxylation sites is 1. The first-order valence-electron chi connectivity index (χ1n) is 10.8. The van der Waals surface area contributed by atoms with Crippen LogP contribution in [-0.4, -0.2) is 65.6 Å². The Bertz CT molecular complexity index is 600. The second-order valence-electron chi connectivity index (χ2n) is 7.40. The number of aliphatic imine (C=N–C) groups is 1. The molecule has 6 nitrogen and oxygen atoms in total. The molecule has 0 radical (unpaired) electrons. The highest BCUT2D eigenvalue weighted by atomic mass is 127. The first-order chi connectivity index (χ1) is 14.2. The number of rotatable bonds is 12. The SMILES string of the molecule is CCNC(=NCCCN(C)c1ccccc1F)NCCCOCC1CCOCC1.I. The Balaban J connectivity index is 0.00000450. The van der Waals surface area contributed by atoms with Crippen molar-refractivity contribution in [2.24, 2.45) is 10.9 Å². The summed E-state index contributed by atoms with van der Waals surface area (Å²) < 4.78 is 25.0. The molecule has 1 heterocycles. The summed E-state index contributed by atoms with van der Waals surface area (Å²) >= 11 is 0. The third-order valence-corrected chi connectivity index (χ3v) is 4.98. The third kappa shape index (κ3) is 10.8. The van der Waals surface area contributed by atoms with Crippen LogP contribution in [0.5, 0.6) is 0 Å². The van der Waals surface area contributed by atoms with E-state index in [0.29, 0.717) is 18.2 Å². The van der Waals surface area contributed by atoms with Crippen molar-refractivity contribution in [2.45, 2.75) is 32.6 Å². The van der Waals surface area contributed by atoms with Gasteiger partial charge in [0.2, 0.25) is 0 Å². The summed E-state index contributed by atoms with van der Waals surface area (Å²) in [6.07, 6.45) is 4.03. The van der Waals surface area contributed by atoms with Gasteiger partial charge in [0, 0.05) is 59.7 Å². The number of hydrogen-bond donors (Lipinski definition) is 2. The van der Waals surface area contributed by atoms with Gasteiger partial charge in [-0.05, 0) is 50.7 Å². The molecule has 1 aliphatic heterocycles. The van der Waals surface area contributed by atoms with E-state index in [1.54, 1.807) is 12.1 Å². The van der Waals surface area contributed by atoms with E-state index in [0.717, 1.165) is 77.7 Å². The molecular weight excluding hydrogens is 498 g/mol. The molecule has 2 N–H and O–H groups in total. The number of ether oxygens (including phenoxy) is 2. The van der Waals surface area contributed by atoms with Crippen molar-refractivity contribution in [1.82, 2.24) is 10.6 Å². The summed E-state index contributed by atoms with van der Waals surface area (Å²) in [5, 5.41) is 6.62. The van der Waals surface area contributed by atoms with E-state index in [4.69, 9.17) is 9.47 Å². The summed E-state index contributed by atoms with van der Waals surface area (Å²) in [5.41, 5.74) is 0.627. The summed E-state index contributed by atoms with van der Waals surface area (Å²) in [5.74, 6) is 1.29. The average molecular weight is 536 g/mol. The molecule has 1 aliphatic rings. The van der Waals surface area contributed by atoms with Crippen molar-refractivity contribution in [3.63, 3.8) is 0 Å². The van der Waals surface area contributed by atoms with Crippen LogP contribution in [0, 0.1) is 11.7 Å². The van der Waals surface area contributed by atoms with Crippen molar-refractivity contribution in [1.29, 1.82) is 0 Å². The number of halogens is 2. The smallest absolute Gasteiger partial charge is 0.191 e. The van der Waals surface area contributed by atoms with Crippen LogP contribution in [0.3, 0.4) is 0 Å². The van der Waals surface area contributed by atoms with Gasteiger partial charge in [0.25, 0.3) is 0 Å². The highest BCUT2D eigenvalue weighted by molar-refractivity contribution is 14.0. The lowest BCUT2D eigenvalue weighted by molar-refractivity contribution is 0.0203. The number of nitrogens with zero attached hydrogens (tertiary/aromatic N) is 2. The lowest BCUT2D eigenvalue weighted by atomic mass is 10.0. The van der Waals surface area contributed by atoms with Crippen LogP contribution in [0.4, 0.5) is 10.1 Å². The number of guanidine groups is 1. The zero-order valence-corrected chi connectivity index (χ0v) is 20.7. The Kier molecular flexibility index (Phi) is 14.8. The maximum atomic E-state index is 13.8. The zero-order valence-electron chi connectivity index (χ0n) is 18.4. The number of benzene rings is 1. The molecule has 1 saturated heterocycles. The normalized spacial score (nSPS) is 14.8. The average Bonchev–Trinajstić information content (AvgIpc) is 2.74. The highest BCUT2D eigenvalue weighted by Crippen LogP contribution is 2.17. The predicted octanol–water partition coefficient (Wildman–Crippen LogP) is 3.66. The summed E-state index contributed by atoms with van der Waals surface area (Å²) in [6.45, 7) is 8.49. The summed E-state index contributed by atoms with van der Waals surface area (Å²) in [4.78, 5) is 6.54. The summed E-state index contributed by atoms with van der Waals surface area (Å²) in [7, 11) is 1.91. The molecule has 1 fully saturated rings. The quantitative estimate of drug-likeness (QED) is 0.185. The molecule has 0 aromatic heterocycles. The van der Waals surface area contributed by atoms with Gasteiger partial charge in [-0.1, -0.05) is 12.1 Å². The molecule has 0 saturated carbocycles. The molecule has 1 aromatic carbocycles. The van der Waals surface area contributed by atoms with E-state index in [-0.39, 0.29) is 29.8 Å². The van der Waals surface area contributed by atoms with E-state index in [1.807, 2.05) is 18.0 Å². The molecule has 172 valence electrons. The molecule has 8 heteroatoms. The van der Waals surface area contributed by atoms with Crippen molar-refractivity contribution >= 4 is 35.6 Å². The zero-order chi connectivity index (χ0) is 20.7. The van der Waals surface area contributed by atoms with Crippen molar-refractivity contribution in [3.05, 3.63) is 30.1 Å². The molecule has 0 unspecified atom stereocenters. The van der Waals surface area contributed by atoms with Crippen LogP contribution in [-0.2, 0) is 9.47 Å². The largest absolute Gasteiger partial charge is 0.381 e. The van der Waals surface area contributed by atoms with E-state index < -0.39 is 0 Å². The number of hydrogen-bond acceptors (Lipinski definition) is 4. The van der Waals surface area contributed by atoms with Gasteiger partial charge < -0.3 is 25.0 Å². The van der Waals surface area contributed by atoms with Crippen LogP contribution in [0.2, 0.25) is 0 Å². The fourth-order valence-electron chi connectivity index (χ4n) is 3.27. The molecule has 2 rings (SSSR count). The molecule has 1 aromatic rings. The van der Waals surface area contributed by atoms with Gasteiger partial charge in [0.05, 0.1) is 5.69 Å². The van der Waals surface area contributed by atoms with Crippen molar-refractivity contribution < 1.29 is 13.9 Å². The van der Waals surface area contributed by atoms with E-state index >= 15 is 0 Å². The van der Waals surface area contributed by atoms with E-state index in [1.165, 1.54) is 6.07 Å². The van der Waals surface area contributed by atoms with Crippen molar-refractivity contribution in [2.75, 3.05) is 64.6 Å². The Morgan fingerprint density at radius 1 is 1.23 bits per heavy atom. The molecule has 0 spiro atoms. The van der Waals surface area contributed by atoms with Crippen LogP contribution in [0.1, 0.15) is 32.6 Å². The van der Waals surface area contributed by atoms with Crippen LogP contribution >= 0.6 is 24.0 Å². The topological polar surface area (TPSA) is 58.1 Å². The second kappa shape index (κ2) is 16.5. The molecule has 0 amide bonds. The Hall–Kier alpha value is -1.13. The van der Waals surface area contributed by atoms with Gasteiger partial charge >= 0.3 is 0 Å². The van der Waals surface area contributed by atoms with Crippen LogP contribution in [0.15, 0.2) is 29.3 Å². The molecule has 0 atom stereocenters. The Labute approximate surface area is 198 Å². The van der Waals surface area contributed by atoms with Crippen molar-refractivity contribution in [3.8, 4) is 0 Å². The fourth-order valence-corrected chi connectivity index (χ4v) is 3.27. The maximum absolute atomic E-state index is 13.8. The number of nitrogens with one attached hydrogen (secondary N) is 2. The van der Waals surface area contributed by atoms with Gasteiger partial charge in [-0.2, -0.15) is 0 Å². The lowest BCUT2D eigenvalue weighted by Crippen LogP contribution is -2.38. The minimum Gasteiger partial charge on any atom is -0.381 e. The first-order valence-corrected chi connectivity index (χ1v) is 10.8. The minimum absolute atomic E-state index is 0. The molecule has 0 bridgehead atoms. The fraction of sp³-hybridized carbons (Fsp3) is 0.682. The van der Waals surface area contributed by atoms with Gasteiger partial charge in [0.15, 0.2) is 5.96 Å². The predicted molar refractivity (Wildman–Crippen MR) is 133 cm³/mol. The highest BCUT2D eigenvalue weighted by Gasteiger charge is 2.13. The lowest BCUT2D eigenvalue weighted by Gasteiger charge is -2.21.